The topological polar surface area (TPSA) is 96.2 Å². The Kier molecular flexibility index (Phi) is 8.06. The molecule has 0 unspecified atom stereocenters. The smallest absolute Gasteiger partial charge is 0.306 e. The number of esters is 1. The van der Waals surface area contributed by atoms with Gasteiger partial charge in [0.25, 0.3) is 0 Å². The van der Waals surface area contributed by atoms with Crippen LogP contribution in [-0.4, -0.2) is 58.9 Å². The van der Waals surface area contributed by atoms with Crippen molar-refractivity contribution in [3.05, 3.63) is 0 Å². The summed E-state index contributed by atoms with van der Waals surface area (Å²) >= 11 is 0. The van der Waals surface area contributed by atoms with Crippen LogP contribution in [0.25, 0.3) is 0 Å². The van der Waals surface area contributed by atoms with E-state index in [0.29, 0.717) is 0 Å². The Balaban J connectivity index is 2.34. The van der Waals surface area contributed by atoms with Gasteiger partial charge in [-0.25, -0.2) is 0 Å². The van der Waals surface area contributed by atoms with Crippen molar-refractivity contribution in [3.8, 4) is 0 Å². The Labute approximate surface area is 119 Å². The van der Waals surface area contributed by atoms with Gasteiger partial charge in [-0.3, -0.25) is 4.79 Å². The van der Waals surface area contributed by atoms with Gasteiger partial charge in [0.15, 0.2) is 6.10 Å². The van der Waals surface area contributed by atoms with E-state index >= 15 is 0 Å². The first-order valence-corrected chi connectivity index (χ1v) is 7.37. The number of aliphatic hydroxyl groups excluding tert-OH is 3. The summed E-state index contributed by atoms with van der Waals surface area (Å²) in [6.45, 7) is 1.97. The molecule has 0 radical (unpaired) electrons. The lowest BCUT2D eigenvalue weighted by Gasteiger charge is -2.26. The molecular formula is C14H26O6. The van der Waals surface area contributed by atoms with Gasteiger partial charge in [-0.15, -0.1) is 0 Å². The second kappa shape index (κ2) is 9.28. The van der Waals surface area contributed by atoms with E-state index in [1.54, 1.807) is 0 Å². The number of ether oxygens (including phenoxy) is 2. The first-order valence-electron chi connectivity index (χ1n) is 7.37. The molecule has 0 bridgehead atoms. The number of rotatable bonds is 7. The summed E-state index contributed by atoms with van der Waals surface area (Å²) in [4.78, 5) is 11.7. The van der Waals surface area contributed by atoms with Crippen LogP contribution in [0, 0.1) is 0 Å². The number of hydrogen-bond acceptors (Lipinski definition) is 6. The minimum absolute atomic E-state index is 0.0669. The highest BCUT2D eigenvalue weighted by Gasteiger charge is 2.37. The SMILES string of the molecule is CCCCCCCC(=O)O[C@H]1[C@H](O)[C@H](O)COC[C@H]1O. The lowest BCUT2D eigenvalue weighted by atomic mass is 10.0. The summed E-state index contributed by atoms with van der Waals surface area (Å²) in [5.41, 5.74) is 0. The molecule has 1 heterocycles. The molecule has 0 aromatic heterocycles. The quantitative estimate of drug-likeness (QED) is 0.463. The third-order valence-electron chi connectivity index (χ3n) is 3.44. The fourth-order valence-electron chi connectivity index (χ4n) is 2.18. The standard InChI is InChI=1S/C14H26O6/c1-2-3-4-5-6-7-12(17)20-14-11(16)9-19-8-10(15)13(14)18/h10-11,13-16,18H,2-9H2,1H3/t10-,11-,13-,14-/m1/s1. The number of carbonyl (C=O) groups is 1. The van der Waals surface area contributed by atoms with Gasteiger partial charge in [-0.2, -0.15) is 0 Å². The fraction of sp³-hybridized carbons (Fsp3) is 0.929. The molecule has 6 nitrogen and oxygen atoms in total. The fourth-order valence-corrected chi connectivity index (χ4v) is 2.18. The molecule has 0 saturated carbocycles. The molecule has 0 aliphatic carbocycles. The minimum atomic E-state index is -1.32. The van der Waals surface area contributed by atoms with Gasteiger partial charge in [0.1, 0.15) is 18.3 Å². The average molecular weight is 290 g/mol. The minimum Gasteiger partial charge on any atom is -0.457 e. The number of carbonyl (C=O) groups excluding carboxylic acids is 1. The molecule has 6 heteroatoms. The Hall–Kier alpha value is -0.690. The second-order valence-electron chi connectivity index (χ2n) is 5.28. The van der Waals surface area contributed by atoms with E-state index < -0.39 is 30.4 Å². The van der Waals surface area contributed by atoms with Crippen molar-refractivity contribution in [2.45, 2.75) is 69.9 Å². The van der Waals surface area contributed by atoms with E-state index in [-0.39, 0.29) is 19.6 Å². The van der Waals surface area contributed by atoms with Crippen molar-refractivity contribution in [3.63, 3.8) is 0 Å². The molecule has 3 N–H and O–H groups in total. The van der Waals surface area contributed by atoms with Crippen LogP contribution in [0.4, 0.5) is 0 Å². The first-order chi connectivity index (χ1) is 9.56. The van der Waals surface area contributed by atoms with Crippen molar-refractivity contribution in [2.24, 2.45) is 0 Å². The lowest BCUT2D eigenvalue weighted by molar-refractivity contribution is -0.169. The van der Waals surface area contributed by atoms with Crippen LogP contribution < -0.4 is 0 Å². The van der Waals surface area contributed by atoms with Crippen LogP contribution >= 0.6 is 0 Å². The Morgan fingerprint density at radius 3 is 2.45 bits per heavy atom. The van der Waals surface area contributed by atoms with Crippen LogP contribution in [0.15, 0.2) is 0 Å². The van der Waals surface area contributed by atoms with Gasteiger partial charge in [-0.05, 0) is 6.42 Å². The van der Waals surface area contributed by atoms with E-state index in [1.165, 1.54) is 0 Å². The van der Waals surface area contributed by atoms with Crippen molar-refractivity contribution in [1.29, 1.82) is 0 Å². The van der Waals surface area contributed by atoms with Crippen molar-refractivity contribution < 1.29 is 29.6 Å². The Morgan fingerprint density at radius 2 is 1.75 bits per heavy atom. The monoisotopic (exact) mass is 290 g/mol. The van der Waals surface area contributed by atoms with E-state index in [1.807, 2.05) is 0 Å². The van der Waals surface area contributed by atoms with E-state index in [2.05, 4.69) is 6.92 Å². The van der Waals surface area contributed by atoms with Crippen LogP contribution in [0.5, 0.6) is 0 Å². The molecule has 1 aliphatic rings. The predicted molar refractivity (Wildman–Crippen MR) is 72.1 cm³/mol. The van der Waals surface area contributed by atoms with Gasteiger partial charge in [0.05, 0.1) is 13.2 Å². The largest absolute Gasteiger partial charge is 0.457 e. The maximum atomic E-state index is 11.7. The normalized spacial score (nSPS) is 30.8. The highest BCUT2D eigenvalue weighted by Crippen LogP contribution is 2.16. The molecule has 0 aromatic rings. The molecule has 20 heavy (non-hydrogen) atoms. The molecule has 0 spiro atoms. The van der Waals surface area contributed by atoms with Crippen LogP contribution in [-0.2, 0) is 14.3 Å². The Bertz CT molecular complexity index is 283. The molecule has 1 fully saturated rings. The molecule has 118 valence electrons. The lowest BCUT2D eigenvalue weighted by Crippen LogP contribution is -2.46. The summed E-state index contributed by atoms with van der Waals surface area (Å²) in [6.07, 6.45) is 0.609. The number of unbranched alkanes of at least 4 members (excludes halogenated alkanes) is 4. The van der Waals surface area contributed by atoms with E-state index in [0.717, 1.165) is 32.1 Å². The molecule has 0 amide bonds. The molecule has 0 aromatic carbocycles. The van der Waals surface area contributed by atoms with Gasteiger partial charge in [-0.1, -0.05) is 32.6 Å². The number of aliphatic hydroxyl groups is 3. The Morgan fingerprint density at radius 1 is 1.10 bits per heavy atom. The highest BCUT2D eigenvalue weighted by molar-refractivity contribution is 5.69. The second-order valence-corrected chi connectivity index (χ2v) is 5.28. The molecular weight excluding hydrogens is 264 g/mol. The first kappa shape index (κ1) is 17.4. The zero-order valence-corrected chi connectivity index (χ0v) is 12.0. The molecule has 1 rings (SSSR count). The van der Waals surface area contributed by atoms with Gasteiger partial charge >= 0.3 is 5.97 Å². The van der Waals surface area contributed by atoms with Crippen molar-refractivity contribution >= 4 is 5.97 Å². The van der Waals surface area contributed by atoms with E-state index in [4.69, 9.17) is 9.47 Å². The van der Waals surface area contributed by atoms with Crippen molar-refractivity contribution in [2.75, 3.05) is 13.2 Å². The van der Waals surface area contributed by atoms with Crippen LogP contribution in [0.3, 0.4) is 0 Å². The summed E-state index contributed by atoms with van der Waals surface area (Å²) < 4.78 is 10.1. The zero-order chi connectivity index (χ0) is 15.0. The van der Waals surface area contributed by atoms with Crippen LogP contribution in [0.1, 0.15) is 45.4 Å². The number of hydrogen-bond donors (Lipinski definition) is 3. The zero-order valence-electron chi connectivity index (χ0n) is 12.0. The van der Waals surface area contributed by atoms with Gasteiger partial charge in [0.2, 0.25) is 0 Å². The maximum Gasteiger partial charge on any atom is 0.306 e. The van der Waals surface area contributed by atoms with Crippen molar-refractivity contribution in [1.82, 2.24) is 0 Å². The maximum absolute atomic E-state index is 11.7. The van der Waals surface area contributed by atoms with Gasteiger partial charge in [0, 0.05) is 6.42 Å². The molecule has 1 saturated heterocycles. The molecule has 1 aliphatic heterocycles. The molecule has 4 atom stereocenters. The summed E-state index contributed by atoms with van der Waals surface area (Å²) in [7, 11) is 0. The summed E-state index contributed by atoms with van der Waals surface area (Å²) in [5.74, 6) is -0.460. The van der Waals surface area contributed by atoms with Crippen LogP contribution in [0.2, 0.25) is 0 Å². The van der Waals surface area contributed by atoms with Gasteiger partial charge < -0.3 is 24.8 Å². The highest BCUT2D eigenvalue weighted by atomic mass is 16.6. The summed E-state index contributed by atoms with van der Waals surface area (Å²) in [6, 6.07) is 0. The summed E-state index contributed by atoms with van der Waals surface area (Å²) in [5, 5.41) is 29.1. The third-order valence-corrected chi connectivity index (χ3v) is 3.44. The van der Waals surface area contributed by atoms with E-state index in [9.17, 15) is 20.1 Å². The third kappa shape index (κ3) is 5.75. The predicted octanol–water partition coefficient (Wildman–Crippen LogP) is 0.372. The average Bonchev–Trinajstić information content (AvgIpc) is 2.53.